The molecule has 31 heavy (non-hydrogen) atoms. The third-order valence-electron chi connectivity index (χ3n) is 5.39. The number of halogens is 2. The number of nitrogens with zero attached hydrogens (tertiary/aromatic N) is 1. The minimum absolute atomic E-state index is 0.0547. The summed E-state index contributed by atoms with van der Waals surface area (Å²) in [4.78, 5) is 13.5. The Bertz CT molecular complexity index is 1030. The number of benzene rings is 3. The minimum atomic E-state index is -3.38. The van der Waals surface area contributed by atoms with Crippen molar-refractivity contribution in [2.75, 3.05) is 13.1 Å². The van der Waals surface area contributed by atoms with Gasteiger partial charge in [0.15, 0.2) is 0 Å². The molecule has 4 rings (SSSR count). The quantitative estimate of drug-likeness (QED) is 0.452. The number of likely N-dealkylation sites (tertiary alicyclic amines) is 1. The predicted molar refractivity (Wildman–Crippen MR) is 122 cm³/mol. The van der Waals surface area contributed by atoms with Gasteiger partial charge in [0.2, 0.25) is 0 Å². The van der Waals surface area contributed by atoms with Gasteiger partial charge >= 0.3 is 188 Å². The van der Waals surface area contributed by atoms with Crippen molar-refractivity contribution in [2.24, 2.45) is 5.92 Å². The summed E-state index contributed by atoms with van der Waals surface area (Å²) in [5.74, 6) is -5.50. The molecule has 2 nitrogen and oxygen atoms in total. The SMILES string of the molecule is O=C1N(C/C=C/c2ccccc2)CC(C([Se]c2ccccc2)c2ccccc2)C1(F)F. The predicted octanol–water partition coefficient (Wildman–Crippen LogP) is 4.56. The molecule has 0 radical (unpaired) electrons. The second kappa shape index (κ2) is 9.59. The van der Waals surface area contributed by atoms with E-state index < -0.39 is 22.6 Å². The van der Waals surface area contributed by atoms with Crippen LogP contribution in [0.15, 0.2) is 97.1 Å². The Balaban J connectivity index is 1.57. The van der Waals surface area contributed by atoms with Crippen molar-refractivity contribution in [3.05, 3.63) is 108 Å². The topological polar surface area (TPSA) is 20.3 Å². The summed E-state index contributed by atoms with van der Waals surface area (Å²) < 4.78 is 31.5. The Labute approximate surface area is 187 Å². The van der Waals surface area contributed by atoms with Gasteiger partial charge in [-0.25, -0.2) is 0 Å². The van der Waals surface area contributed by atoms with E-state index in [1.807, 2.05) is 97.1 Å². The van der Waals surface area contributed by atoms with Crippen molar-refractivity contribution < 1.29 is 13.6 Å². The first kappa shape index (κ1) is 21.5. The van der Waals surface area contributed by atoms with E-state index in [4.69, 9.17) is 0 Å². The normalized spacial score (nSPS) is 19.1. The average molecular weight is 482 g/mol. The van der Waals surface area contributed by atoms with E-state index in [0.29, 0.717) is 0 Å². The molecule has 0 aromatic heterocycles. The molecule has 5 heteroatoms. The summed E-state index contributed by atoms with van der Waals surface area (Å²) in [6.07, 6.45) is 3.65. The van der Waals surface area contributed by atoms with Crippen LogP contribution in [0.25, 0.3) is 6.08 Å². The maximum absolute atomic E-state index is 15.2. The van der Waals surface area contributed by atoms with Crippen molar-refractivity contribution in [1.82, 2.24) is 4.90 Å². The second-order valence-corrected chi connectivity index (χ2v) is 10.1. The summed E-state index contributed by atoms with van der Waals surface area (Å²) in [7, 11) is 0. The molecule has 0 bridgehead atoms. The van der Waals surface area contributed by atoms with Crippen LogP contribution in [0.5, 0.6) is 0 Å². The summed E-state index contributed by atoms with van der Waals surface area (Å²) in [5, 5.41) is 0. The molecule has 1 aliphatic rings. The molecule has 1 amide bonds. The Kier molecular flexibility index (Phi) is 6.64. The zero-order chi connectivity index (χ0) is 21.7. The fraction of sp³-hybridized carbons (Fsp3) is 0.192. The molecule has 0 saturated carbocycles. The molecule has 0 spiro atoms. The number of alkyl halides is 2. The van der Waals surface area contributed by atoms with Crippen LogP contribution < -0.4 is 4.46 Å². The first-order valence-corrected chi connectivity index (χ1v) is 12.1. The molecule has 1 heterocycles. The zero-order valence-corrected chi connectivity index (χ0v) is 18.6. The molecule has 1 fully saturated rings. The van der Waals surface area contributed by atoms with Crippen molar-refractivity contribution in [2.45, 2.75) is 10.7 Å². The van der Waals surface area contributed by atoms with E-state index in [-0.39, 0.29) is 28.0 Å². The molecule has 0 aliphatic carbocycles. The van der Waals surface area contributed by atoms with Crippen LogP contribution in [-0.2, 0) is 4.79 Å². The second-order valence-electron chi connectivity index (χ2n) is 7.51. The molecule has 3 aromatic carbocycles. The van der Waals surface area contributed by atoms with Gasteiger partial charge in [-0.15, -0.1) is 0 Å². The monoisotopic (exact) mass is 483 g/mol. The van der Waals surface area contributed by atoms with Gasteiger partial charge in [-0.1, -0.05) is 0 Å². The van der Waals surface area contributed by atoms with E-state index in [0.717, 1.165) is 15.6 Å². The number of rotatable bonds is 7. The Hall–Kier alpha value is -2.75. The Morgan fingerprint density at radius 1 is 0.935 bits per heavy atom. The van der Waals surface area contributed by atoms with E-state index in [2.05, 4.69) is 0 Å². The number of carbonyl (C=O) groups is 1. The number of hydrogen-bond acceptors (Lipinski definition) is 1. The zero-order valence-electron chi connectivity index (χ0n) is 16.9. The van der Waals surface area contributed by atoms with Gasteiger partial charge in [0.25, 0.3) is 0 Å². The van der Waals surface area contributed by atoms with Gasteiger partial charge in [0, 0.05) is 0 Å². The average Bonchev–Trinajstić information content (AvgIpc) is 3.03. The van der Waals surface area contributed by atoms with Gasteiger partial charge in [0.1, 0.15) is 0 Å². The molecule has 2 atom stereocenters. The van der Waals surface area contributed by atoms with Gasteiger partial charge in [-0.05, 0) is 0 Å². The summed E-state index contributed by atoms with van der Waals surface area (Å²) in [6.45, 7) is 0.235. The number of carbonyl (C=O) groups excluding carboxylic acids is 1. The van der Waals surface area contributed by atoms with Gasteiger partial charge < -0.3 is 0 Å². The summed E-state index contributed by atoms with van der Waals surface area (Å²) >= 11 is -0.229. The van der Waals surface area contributed by atoms with Crippen LogP contribution in [0.3, 0.4) is 0 Å². The van der Waals surface area contributed by atoms with Crippen LogP contribution in [-0.4, -0.2) is 44.8 Å². The molecule has 3 aromatic rings. The van der Waals surface area contributed by atoms with E-state index in [9.17, 15) is 4.79 Å². The summed E-state index contributed by atoms with van der Waals surface area (Å²) in [6, 6.07) is 28.8. The van der Waals surface area contributed by atoms with Gasteiger partial charge in [0.05, 0.1) is 0 Å². The van der Waals surface area contributed by atoms with Crippen molar-refractivity contribution in [3.8, 4) is 0 Å². The van der Waals surface area contributed by atoms with Gasteiger partial charge in [-0.2, -0.15) is 0 Å². The third-order valence-corrected chi connectivity index (χ3v) is 8.33. The van der Waals surface area contributed by atoms with Crippen LogP contribution >= 0.6 is 0 Å². The number of amides is 1. The fourth-order valence-corrected chi connectivity index (χ4v) is 6.57. The summed E-state index contributed by atoms with van der Waals surface area (Å²) in [5.41, 5.74) is 1.84. The molecular formula is C26H23F2NOSe. The third kappa shape index (κ3) is 4.95. The van der Waals surface area contributed by atoms with E-state index in [1.54, 1.807) is 6.08 Å². The van der Waals surface area contributed by atoms with Gasteiger partial charge in [-0.3, -0.25) is 0 Å². The van der Waals surface area contributed by atoms with Crippen LogP contribution in [0.1, 0.15) is 15.9 Å². The standard InChI is InChI=1S/C26H23F2NOSe/c27-26(28)23(19-29(25(26)30)18-10-13-20-11-4-1-5-12-20)24(21-14-6-2-7-15-21)31-22-16-8-3-9-17-22/h1-17,23-24H,18-19H2/b13-10+. The number of hydrogen-bond donors (Lipinski definition) is 0. The van der Waals surface area contributed by atoms with Crippen molar-refractivity contribution in [3.63, 3.8) is 0 Å². The van der Waals surface area contributed by atoms with Crippen LogP contribution in [0.4, 0.5) is 8.78 Å². The van der Waals surface area contributed by atoms with Crippen molar-refractivity contribution >= 4 is 31.4 Å². The van der Waals surface area contributed by atoms with E-state index >= 15 is 8.78 Å². The molecule has 2 unspecified atom stereocenters. The van der Waals surface area contributed by atoms with Crippen LogP contribution in [0.2, 0.25) is 0 Å². The molecule has 1 aliphatic heterocycles. The van der Waals surface area contributed by atoms with Crippen molar-refractivity contribution in [1.29, 1.82) is 0 Å². The first-order valence-electron chi connectivity index (χ1n) is 10.2. The molecular weight excluding hydrogens is 459 g/mol. The Morgan fingerprint density at radius 3 is 2.16 bits per heavy atom. The Morgan fingerprint density at radius 2 is 1.52 bits per heavy atom. The molecule has 1 saturated heterocycles. The molecule has 0 N–H and O–H groups in total. The maximum atomic E-state index is 15.2. The first-order chi connectivity index (χ1) is 15.1. The van der Waals surface area contributed by atoms with Crippen LogP contribution in [0, 0.1) is 5.92 Å². The fourth-order valence-electron chi connectivity index (χ4n) is 3.80. The van der Waals surface area contributed by atoms with E-state index in [1.165, 1.54) is 4.90 Å². The molecule has 158 valence electrons.